The molecule has 2 N–H and O–H groups in total. The smallest absolute Gasteiger partial charge is 0.305 e. The highest BCUT2D eigenvalue weighted by molar-refractivity contribution is 7.12. The van der Waals surface area contributed by atoms with E-state index in [1.54, 1.807) is 11.4 Å². The Labute approximate surface area is 153 Å². The average Bonchev–Trinajstić information content (AvgIpc) is 3.12. The molecule has 0 bridgehead atoms. The highest BCUT2D eigenvalue weighted by Crippen LogP contribution is 2.24. The topological polar surface area (TPSA) is 79.3 Å². The van der Waals surface area contributed by atoms with E-state index in [-0.39, 0.29) is 10.6 Å². The van der Waals surface area contributed by atoms with E-state index in [2.05, 4.69) is 10.3 Å². The fourth-order valence-corrected chi connectivity index (χ4v) is 3.24. The second-order valence-corrected chi connectivity index (χ2v) is 6.41. The SMILES string of the molecule is O=C(O)C[C@H](NC(=O)c1nc(-c2ccccc2)cs1)c1ccccc1F. The molecule has 3 rings (SSSR count). The number of thiazole rings is 1. The van der Waals surface area contributed by atoms with Crippen molar-refractivity contribution in [2.45, 2.75) is 12.5 Å². The van der Waals surface area contributed by atoms with Crippen LogP contribution >= 0.6 is 11.3 Å². The van der Waals surface area contributed by atoms with Crippen molar-refractivity contribution in [2.24, 2.45) is 0 Å². The maximum atomic E-state index is 14.0. The van der Waals surface area contributed by atoms with Crippen molar-refractivity contribution >= 4 is 23.2 Å². The number of benzene rings is 2. The van der Waals surface area contributed by atoms with Gasteiger partial charge in [-0.05, 0) is 6.07 Å². The average molecular weight is 370 g/mol. The molecule has 1 heterocycles. The van der Waals surface area contributed by atoms with Gasteiger partial charge in [0.25, 0.3) is 5.91 Å². The summed E-state index contributed by atoms with van der Waals surface area (Å²) in [5.74, 6) is -2.24. The van der Waals surface area contributed by atoms with Crippen molar-refractivity contribution in [1.82, 2.24) is 10.3 Å². The van der Waals surface area contributed by atoms with Crippen LogP contribution in [0.15, 0.2) is 60.0 Å². The molecule has 0 saturated heterocycles. The van der Waals surface area contributed by atoms with E-state index < -0.39 is 30.2 Å². The highest BCUT2D eigenvalue weighted by atomic mass is 32.1. The Kier molecular flexibility index (Phi) is 5.38. The molecule has 5 nitrogen and oxygen atoms in total. The largest absolute Gasteiger partial charge is 0.481 e. The molecular weight excluding hydrogens is 355 g/mol. The van der Waals surface area contributed by atoms with Crippen molar-refractivity contribution < 1.29 is 19.1 Å². The van der Waals surface area contributed by atoms with Crippen LogP contribution in [-0.2, 0) is 4.79 Å². The number of carbonyl (C=O) groups is 2. The van der Waals surface area contributed by atoms with Crippen LogP contribution in [-0.4, -0.2) is 22.0 Å². The molecule has 1 atom stereocenters. The van der Waals surface area contributed by atoms with Crippen LogP contribution in [0.4, 0.5) is 4.39 Å². The summed E-state index contributed by atoms with van der Waals surface area (Å²) in [6, 6.07) is 14.2. The fraction of sp³-hybridized carbons (Fsp3) is 0.105. The molecule has 7 heteroatoms. The van der Waals surface area contributed by atoms with Crippen LogP contribution in [0.1, 0.15) is 27.8 Å². The van der Waals surface area contributed by atoms with Crippen molar-refractivity contribution in [3.63, 3.8) is 0 Å². The summed E-state index contributed by atoms with van der Waals surface area (Å²) in [5.41, 5.74) is 1.66. The van der Waals surface area contributed by atoms with Crippen LogP contribution < -0.4 is 5.32 Å². The normalized spacial score (nSPS) is 11.7. The maximum Gasteiger partial charge on any atom is 0.305 e. The van der Waals surface area contributed by atoms with Gasteiger partial charge >= 0.3 is 5.97 Å². The summed E-state index contributed by atoms with van der Waals surface area (Å²) in [4.78, 5) is 27.9. The predicted octanol–water partition coefficient (Wildman–Crippen LogP) is 3.90. The van der Waals surface area contributed by atoms with Crippen molar-refractivity contribution in [2.75, 3.05) is 0 Å². The lowest BCUT2D eigenvalue weighted by atomic mass is 10.0. The Balaban J connectivity index is 1.81. The molecule has 26 heavy (non-hydrogen) atoms. The minimum Gasteiger partial charge on any atom is -0.481 e. The molecule has 0 unspecified atom stereocenters. The molecular formula is C19H15FN2O3S. The summed E-state index contributed by atoms with van der Waals surface area (Å²) in [6.45, 7) is 0. The number of aromatic nitrogens is 1. The van der Waals surface area contributed by atoms with E-state index in [9.17, 15) is 14.0 Å². The molecule has 1 amide bonds. The van der Waals surface area contributed by atoms with E-state index in [0.717, 1.165) is 16.9 Å². The van der Waals surface area contributed by atoms with Gasteiger partial charge in [-0.25, -0.2) is 9.37 Å². The van der Waals surface area contributed by atoms with Crippen LogP contribution in [0, 0.1) is 5.82 Å². The summed E-state index contributed by atoms with van der Waals surface area (Å²) < 4.78 is 14.0. The fourth-order valence-electron chi connectivity index (χ4n) is 2.51. The molecule has 3 aromatic rings. The summed E-state index contributed by atoms with van der Waals surface area (Å²) in [6.07, 6.45) is -0.427. The van der Waals surface area contributed by atoms with Crippen molar-refractivity contribution in [3.8, 4) is 11.3 Å². The third-order valence-corrected chi connectivity index (χ3v) is 4.57. The van der Waals surface area contributed by atoms with Gasteiger partial charge in [0.1, 0.15) is 5.82 Å². The zero-order valence-electron chi connectivity index (χ0n) is 13.6. The predicted molar refractivity (Wildman–Crippen MR) is 96.4 cm³/mol. The molecule has 0 saturated carbocycles. The third-order valence-electron chi connectivity index (χ3n) is 3.73. The van der Waals surface area contributed by atoms with Gasteiger partial charge in [0.2, 0.25) is 0 Å². The zero-order valence-corrected chi connectivity index (χ0v) is 14.4. The van der Waals surface area contributed by atoms with E-state index in [1.165, 1.54) is 18.2 Å². The lowest BCUT2D eigenvalue weighted by Crippen LogP contribution is -2.30. The summed E-state index contributed by atoms with van der Waals surface area (Å²) in [7, 11) is 0. The molecule has 0 fully saturated rings. The Morgan fingerprint density at radius 1 is 1.12 bits per heavy atom. The van der Waals surface area contributed by atoms with Gasteiger partial charge in [-0.2, -0.15) is 0 Å². The number of carbonyl (C=O) groups excluding carboxylic acids is 1. The zero-order chi connectivity index (χ0) is 18.5. The number of hydrogen-bond acceptors (Lipinski definition) is 4. The van der Waals surface area contributed by atoms with E-state index in [1.807, 2.05) is 30.3 Å². The Morgan fingerprint density at radius 3 is 2.50 bits per heavy atom. The quantitative estimate of drug-likeness (QED) is 0.690. The Hall–Kier alpha value is -3.06. The van der Waals surface area contributed by atoms with Crippen molar-refractivity contribution in [3.05, 3.63) is 76.4 Å². The summed E-state index contributed by atoms with van der Waals surface area (Å²) >= 11 is 1.15. The number of carboxylic acids is 1. The second kappa shape index (κ2) is 7.88. The van der Waals surface area contributed by atoms with Gasteiger partial charge in [0.15, 0.2) is 5.01 Å². The van der Waals surface area contributed by atoms with Gasteiger partial charge in [-0.1, -0.05) is 48.5 Å². The van der Waals surface area contributed by atoms with E-state index in [0.29, 0.717) is 5.69 Å². The maximum absolute atomic E-state index is 14.0. The van der Waals surface area contributed by atoms with Crippen LogP contribution in [0.2, 0.25) is 0 Å². The minimum atomic E-state index is -1.14. The molecule has 2 aromatic carbocycles. The highest BCUT2D eigenvalue weighted by Gasteiger charge is 2.23. The number of nitrogens with zero attached hydrogens (tertiary/aromatic N) is 1. The number of hydrogen-bond donors (Lipinski definition) is 2. The van der Waals surface area contributed by atoms with Crippen LogP contribution in [0.5, 0.6) is 0 Å². The Morgan fingerprint density at radius 2 is 1.81 bits per heavy atom. The minimum absolute atomic E-state index is 0.128. The first-order valence-corrected chi connectivity index (χ1v) is 8.70. The number of amides is 1. The first kappa shape index (κ1) is 17.8. The molecule has 1 aromatic heterocycles. The number of aliphatic carboxylic acids is 1. The molecule has 132 valence electrons. The van der Waals surface area contributed by atoms with Gasteiger partial charge in [-0.15, -0.1) is 11.3 Å². The standard InChI is InChI=1S/C19H15FN2O3S/c20-14-9-5-4-8-13(14)15(10-17(23)24)21-18(25)19-22-16(11-26-19)12-6-2-1-3-7-12/h1-9,11,15H,10H2,(H,21,25)(H,23,24)/t15-/m0/s1. The van der Waals surface area contributed by atoms with E-state index >= 15 is 0 Å². The number of rotatable bonds is 6. The monoisotopic (exact) mass is 370 g/mol. The lowest BCUT2D eigenvalue weighted by molar-refractivity contribution is -0.137. The van der Waals surface area contributed by atoms with Crippen molar-refractivity contribution in [1.29, 1.82) is 0 Å². The molecule has 0 aliphatic rings. The van der Waals surface area contributed by atoms with Crippen LogP contribution in [0.25, 0.3) is 11.3 Å². The second-order valence-electron chi connectivity index (χ2n) is 5.55. The first-order valence-electron chi connectivity index (χ1n) is 7.82. The number of halogens is 1. The third kappa shape index (κ3) is 4.12. The molecule has 0 aliphatic heterocycles. The summed E-state index contributed by atoms with van der Waals surface area (Å²) in [5, 5.41) is 13.6. The Bertz CT molecular complexity index is 927. The molecule has 0 spiro atoms. The van der Waals surface area contributed by atoms with Crippen LogP contribution in [0.3, 0.4) is 0 Å². The number of nitrogens with one attached hydrogen (secondary N) is 1. The molecule has 0 aliphatic carbocycles. The lowest BCUT2D eigenvalue weighted by Gasteiger charge is -2.17. The van der Waals surface area contributed by atoms with Gasteiger partial charge in [-0.3, -0.25) is 9.59 Å². The van der Waals surface area contributed by atoms with Gasteiger partial charge in [0, 0.05) is 16.5 Å². The van der Waals surface area contributed by atoms with Gasteiger partial charge in [0.05, 0.1) is 18.2 Å². The first-order chi connectivity index (χ1) is 12.5. The number of carboxylic acid groups (broad SMARTS) is 1. The molecule has 0 radical (unpaired) electrons. The van der Waals surface area contributed by atoms with Gasteiger partial charge < -0.3 is 10.4 Å². The van der Waals surface area contributed by atoms with E-state index in [4.69, 9.17) is 5.11 Å².